The summed E-state index contributed by atoms with van der Waals surface area (Å²) in [6.45, 7) is 0. The van der Waals surface area contributed by atoms with Crippen molar-refractivity contribution in [1.82, 2.24) is 9.38 Å². The molecule has 0 spiro atoms. The van der Waals surface area contributed by atoms with Gasteiger partial charge in [-0.2, -0.15) is 0 Å². The number of nitrogens with two attached hydrogens (primary N) is 1. The van der Waals surface area contributed by atoms with E-state index in [4.69, 9.17) is 5.73 Å². The lowest BCUT2D eigenvalue weighted by atomic mass is 10.2. The van der Waals surface area contributed by atoms with Crippen LogP contribution in [-0.2, 0) is 0 Å². The molecule has 0 amide bonds. The summed E-state index contributed by atoms with van der Waals surface area (Å²) in [6, 6.07) is 12.3. The van der Waals surface area contributed by atoms with E-state index in [1.165, 1.54) is 10.1 Å². The summed E-state index contributed by atoms with van der Waals surface area (Å²) in [5.74, 6) is 0.592. The van der Waals surface area contributed by atoms with Gasteiger partial charge in [0.05, 0.1) is 11.0 Å². The number of anilines is 1. The standard InChI is InChI=1S/C13H9N3S/c14-12-9-5-3-7-16(9)11-8-4-1-2-6-10(8)17-13(11)15-12/h1-7H,(H2,14,15). The van der Waals surface area contributed by atoms with E-state index in [-0.39, 0.29) is 0 Å². The van der Waals surface area contributed by atoms with Gasteiger partial charge in [0, 0.05) is 16.3 Å². The number of nitrogens with zero attached hydrogens (tertiary/aromatic N) is 2. The van der Waals surface area contributed by atoms with Crippen molar-refractivity contribution < 1.29 is 0 Å². The zero-order valence-electron chi connectivity index (χ0n) is 8.92. The van der Waals surface area contributed by atoms with Crippen LogP contribution in [0.3, 0.4) is 0 Å². The Morgan fingerprint density at radius 2 is 2.00 bits per heavy atom. The molecule has 17 heavy (non-hydrogen) atoms. The highest BCUT2D eigenvalue weighted by Crippen LogP contribution is 2.34. The maximum Gasteiger partial charge on any atom is 0.149 e. The topological polar surface area (TPSA) is 43.3 Å². The van der Waals surface area contributed by atoms with Crippen LogP contribution >= 0.6 is 11.3 Å². The molecule has 0 bridgehead atoms. The quantitative estimate of drug-likeness (QED) is 0.511. The van der Waals surface area contributed by atoms with Crippen LogP contribution in [0.5, 0.6) is 0 Å². The Hall–Kier alpha value is -2.07. The molecule has 0 atom stereocenters. The van der Waals surface area contributed by atoms with Crippen LogP contribution in [0, 0.1) is 0 Å². The van der Waals surface area contributed by atoms with Crippen molar-refractivity contribution in [3.05, 3.63) is 42.6 Å². The smallest absolute Gasteiger partial charge is 0.149 e. The molecule has 0 fully saturated rings. The van der Waals surface area contributed by atoms with Gasteiger partial charge in [-0.05, 0) is 18.2 Å². The molecule has 3 aromatic heterocycles. The Labute approximate surface area is 101 Å². The molecule has 4 aromatic rings. The minimum absolute atomic E-state index is 0.592. The van der Waals surface area contributed by atoms with E-state index in [2.05, 4.69) is 27.6 Å². The number of hydrogen-bond donors (Lipinski definition) is 1. The highest BCUT2D eigenvalue weighted by Gasteiger charge is 2.11. The highest BCUT2D eigenvalue weighted by molar-refractivity contribution is 7.25. The van der Waals surface area contributed by atoms with Crippen LogP contribution in [0.2, 0.25) is 0 Å². The van der Waals surface area contributed by atoms with Gasteiger partial charge in [0.25, 0.3) is 0 Å². The first kappa shape index (κ1) is 9.01. The molecule has 2 N–H and O–H groups in total. The fourth-order valence-electron chi connectivity index (χ4n) is 2.28. The molecule has 0 aliphatic carbocycles. The molecule has 82 valence electrons. The van der Waals surface area contributed by atoms with Gasteiger partial charge in [0.2, 0.25) is 0 Å². The summed E-state index contributed by atoms with van der Waals surface area (Å²) in [6.07, 6.45) is 2.04. The largest absolute Gasteiger partial charge is 0.382 e. The van der Waals surface area contributed by atoms with Crippen LogP contribution in [0.15, 0.2) is 42.6 Å². The Morgan fingerprint density at radius 3 is 2.94 bits per heavy atom. The van der Waals surface area contributed by atoms with E-state index >= 15 is 0 Å². The van der Waals surface area contributed by atoms with Crippen LogP contribution in [0.1, 0.15) is 0 Å². The first-order valence-electron chi connectivity index (χ1n) is 5.38. The first-order chi connectivity index (χ1) is 8.34. The molecular weight excluding hydrogens is 230 g/mol. The number of thiophene rings is 1. The molecule has 0 unspecified atom stereocenters. The van der Waals surface area contributed by atoms with E-state index in [1.807, 2.05) is 24.4 Å². The number of aromatic nitrogens is 2. The number of nitrogen functional groups attached to an aromatic ring is 1. The molecule has 0 aliphatic rings. The molecule has 3 heterocycles. The van der Waals surface area contributed by atoms with E-state index in [1.54, 1.807) is 11.3 Å². The predicted molar refractivity (Wildman–Crippen MR) is 72.5 cm³/mol. The SMILES string of the molecule is Nc1nc2sc3ccccc3c2n2cccc12. The van der Waals surface area contributed by atoms with Gasteiger partial charge < -0.3 is 10.1 Å². The van der Waals surface area contributed by atoms with Crippen molar-refractivity contribution in [2.75, 3.05) is 5.73 Å². The second-order valence-corrected chi connectivity index (χ2v) is 5.04. The van der Waals surface area contributed by atoms with Crippen LogP contribution in [0.4, 0.5) is 5.82 Å². The first-order valence-corrected chi connectivity index (χ1v) is 6.20. The number of fused-ring (bicyclic) bond motifs is 5. The third-order valence-corrected chi connectivity index (χ3v) is 4.08. The monoisotopic (exact) mass is 239 g/mol. The molecule has 0 saturated carbocycles. The second kappa shape index (κ2) is 2.99. The summed E-state index contributed by atoms with van der Waals surface area (Å²) in [5.41, 5.74) is 8.09. The lowest BCUT2D eigenvalue weighted by Crippen LogP contribution is -1.95. The maximum atomic E-state index is 5.96. The van der Waals surface area contributed by atoms with Crippen molar-refractivity contribution in [2.24, 2.45) is 0 Å². The average Bonchev–Trinajstić information content (AvgIpc) is 2.90. The van der Waals surface area contributed by atoms with Crippen LogP contribution in [-0.4, -0.2) is 9.38 Å². The summed E-state index contributed by atoms with van der Waals surface area (Å²) >= 11 is 1.68. The summed E-state index contributed by atoms with van der Waals surface area (Å²) in [5, 5.41) is 1.24. The predicted octanol–water partition coefficient (Wildman–Crippen LogP) is 3.28. The van der Waals surface area contributed by atoms with Crippen LogP contribution < -0.4 is 5.73 Å². The minimum Gasteiger partial charge on any atom is -0.382 e. The van der Waals surface area contributed by atoms with E-state index in [0.29, 0.717) is 5.82 Å². The Morgan fingerprint density at radius 1 is 1.12 bits per heavy atom. The maximum absolute atomic E-state index is 5.96. The van der Waals surface area contributed by atoms with E-state index in [0.717, 1.165) is 15.9 Å². The molecule has 1 aromatic carbocycles. The minimum atomic E-state index is 0.592. The second-order valence-electron chi connectivity index (χ2n) is 4.01. The van der Waals surface area contributed by atoms with Crippen molar-refractivity contribution in [1.29, 1.82) is 0 Å². The van der Waals surface area contributed by atoms with Gasteiger partial charge in [-0.15, -0.1) is 11.3 Å². The van der Waals surface area contributed by atoms with E-state index < -0.39 is 0 Å². The summed E-state index contributed by atoms with van der Waals surface area (Å²) in [7, 11) is 0. The lowest BCUT2D eigenvalue weighted by Gasteiger charge is -2.01. The molecule has 4 rings (SSSR count). The van der Waals surface area contributed by atoms with Gasteiger partial charge in [-0.1, -0.05) is 18.2 Å². The van der Waals surface area contributed by atoms with Crippen molar-refractivity contribution in [2.45, 2.75) is 0 Å². The fourth-order valence-corrected chi connectivity index (χ4v) is 3.36. The number of rotatable bonds is 0. The zero-order chi connectivity index (χ0) is 11.4. The highest BCUT2D eigenvalue weighted by atomic mass is 32.1. The summed E-state index contributed by atoms with van der Waals surface area (Å²) in [4.78, 5) is 5.48. The Balaban J connectivity index is 2.41. The fraction of sp³-hybridized carbons (Fsp3) is 0. The van der Waals surface area contributed by atoms with Crippen molar-refractivity contribution >= 4 is 43.1 Å². The third-order valence-electron chi connectivity index (χ3n) is 3.03. The van der Waals surface area contributed by atoms with Gasteiger partial charge in [-0.25, -0.2) is 4.98 Å². The number of hydrogen-bond acceptors (Lipinski definition) is 3. The molecule has 3 nitrogen and oxygen atoms in total. The third kappa shape index (κ3) is 1.08. The number of benzene rings is 1. The average molecular weight is 239 g/mol. The van der Waals surface area contributed by atoms with Gasteiger partial charge in [-0.3, -0.25) is 0 Å². The molecule has 4 heteroatoms. The van der Waals surface area contributed by atoms with Gasteiger partial charge in [0.1, 0.15) is 10.6 Å². The Kier molecular flexibility index (Phi) is 1.58. The van der Waals surface area contributed by atoms with E-state index in [9.17, 15) is 0 Å². The van der Waals surface area contributed by atoms with Crippen molar-refractivity contribution in [3.63, 3.8) is 0 Å². The van der Waals surface area contributed by atoms with Gasteiger partial charge in [0.15, 0.2) is 0 Å². The molecule has 0 aliphatic heterocycles. The molecule has 0 radical (unpaired) electrons. The molecular formula is C13H9N3S. The van der Waals surface area contributed by atoms with Gasteiger partial charge >= 0.3 is 0 Å². The van der Waals surface area contributed by atoms with Crippen molar-refractivity contribution in [3.8, 4) is 0 Å². The molecule has 0 saturated heterocycles. The lowest BCUT2D eigenvalue weighted by molar-refractivity contribution is 1.25. The summed E-state index contributed by atoms with van der Waals surface area (Å²) < 4.78 is 3.37. The Bertz CT molecular complexity index is 857. The van der Waals surface area contributed by atoms with Crippen LogP contribution in [0.25, 0.3) is 25.9 Å². The normalized spacial score (nSPS) is 11.8. The zero-order valence-corrected chi connectivity index (χ0v) is 9.74.